The molecular formula is C19H21NS. The molecular weight excluding hydrogens is 274 g/mol. The van der Waals surface area contributed by atoms with E-state index in [0.29, 0.717) is 0 Å². The number of fused-ring (bicyclic) bond motifs is 2. The van der Waals surface area contributed by atoms with Gasteiger partial charge in [0.15, 0.2) is 0 Å². The Hall–Kier alpha value is -1.41. The highest BCUT2D eigenvalue weighted by Gasteiger charge is 2.29. The summed E-state index contributed by atoms with van der Waals surface area (Å²) in [5.74, 6) is 0. The molecule has 2 aromatic carbocycles. The molecule has 2 aliphatic rings. The molecule has 0 saturated heterocycles. The number of aryl methyl sites for hydroxylation is 1. The number of hydrogen-bond donors (Lipinski definition) is 0. The van der Waals surface area contributed by atoms with Gasteiger partial charge in [-0.25, -0.2) is 0 Å². The van der Waals surface area contributed by atoms with E-state index < -0.39 is 0 Å². The van der Waals surface area contributed by atoms with E-state index in [0.717, 1.165) is 6.54 Å². The highest BCUT2D eigenvalue weighted by Crippen LogP contribution is 2.51. The molecule has 0 spiro atoms. The summed E-state index contributed by atoms with van der Waals surface area (Å²) in [4.78, 5) is 5.37. The molecule has 21 heavy (non-hydrogen) atoms. The van der Waals surface area contributed by atoms with Gasteiger partial charge in [-0.3, -0.25) is 0 Å². The van der Waals surface area contributed by atoms with E-state index in [1.54, 1.807) is 0 Å². The molecule has 2 aromatic rings. The van der Waals surface area contributed by atoms with E-state index in [4.69, 9.17) is 0 Å². The molecule has 0 unspecified atom stereocenters. The average Bonchev–Trinajstić information content (AvgIpc) is 2.46. The highest BCUT2D eigenvalue weighted by atomic mass is 32.2. The van der Waals surface area contributed by atoms with Gasteiger partial charge < -0.3 is 4.90 Å². The Morgan fingerprint density at radius 2 is 1.90 bits per heavy atom. The van der Waals surface area contributed by atoms with Crippen molar-refractivity contribution in [1.82, 2.24) is 0 Å². The van der Waals surface area contributed by atoms with Gasteiger partial charge >= 0.3 is 0 Å². The van der Waals surface area contributed by atoms with Crippen molar-refractivity contribution >= 4 is 23.1 Å². The van der Waals surface area contributed by atoms with E-state index in [-0.39, 0.29) is 5.41 Å². The molecule has 0 amide bonds. The monoisotopic (exact) mass is 295 g/mol. The summed E-state index contributed by atoms with van der Waals surface area (Å²) >= 11 is 1.94. The molecule has 0 aliphatic carbocycles. The summed E-state index contributed by atoms with van der Waals surface area (Å²) in [7, 11) is 0. The van der Waals surface area contributed by atoms with Gasteiger partial charge in [-0.2, -0.15) is 0 Å². The van der Waals surface area contributed by atoms with E-state index in [1.165, 1.54) is 45.1 Å². The molecule has 2 heterocycles. The van der Waals surface area contributed by atoms with Gasteiger partial charge in [0.05, 0.1) is 11.4 Å². The van der Waals surface area contributed by atoms with Gasteiger partial charge in [-0.05, 0) is 47.6 Å². The molecule has 108 valence electrons. The van der Waals surface area contributed by atoms with Crippen LogP contribution >= 0.6 is 11.8 Å². The lowest BCUT2D eigenvalue weighted by molar-refractivity contribution is 0.588. The van der Waals surface area contributed by atoms with Crippen molar-refractivity contribution in [2.45, 2.75) is 48.8 Å². The molecule has 0 atom stereocenters. The summed E-state index contributed by atoms with van der Waals surface area (Å²) in [6.45, 7) is 8.01. The van der Waals surface area contributed by atoms with Crippen LogP contribution in [0.4, 0.5) is 11.4 Å². The van der Waals surface area contributed by atoms with Crippen LogP contribution in [-0.4, -0.2) is 6.54 Å². The van der Waals surface area contributed by atoms with Crippen molar-refractivity contribution in [3.8, 4) is 0 Å². The third-order valence-corrected chi connectivity index (χ3v) is 5.61. The second-order valence-electron chi connectivity index (χ2n) is 7.05. The number of rotatable bonds is 0. The van der Waals surface area contributed by atoms with E-state index >= 15 is 0 Å². The zero-order valence-corrected chi connectivity index (χ0v) is 13.8. The first-order valence-corrected chi connectivity index (χ1v) is 8.57. The fourth-order valence-electron chi connectivity index (χ4n) is 3.34. The van der Waals surface area contributed by atoms with Gasteiger partial charge in [-0.15, -0.1) is 0 Å². The second kappa shape index (κ2) is 4.54. The zero-order chi connectivity index (χ0) is 14.6. The predicted molar refractivity (Wildman–Crippen MR) is 91.0 cm³/mol. The van der Waals surface area contributed by atoms with Crippen LogP contribution in [0.1, 0.15) is 38.3 Å². The van der Waals surface area contributed by atoms with Crippen molar-refractivity contribution in [1.29, 1.82) is 0 Å². The molecule has 2 aliphatic heterocycles. The molecule has 0 saturated carbocycles. The second-order valence-corrected chi connectivity index (χ2v) is 8.14. The van der Waals surface area contributed by atoms with Gasteiger partial charge in [0.1, 0.15) is 0 Å². The molecule has 4 rings (SSSR count). The van der Waals surface area contributed by atoms with Crippen LogP contribution in [-0.2, 0) is 11.8 Å². The third kappa shape index (κ3) is 2.08. The van der Waals surface area contributed by atoms with Gasteiger partial charge in [0, 0.05) is 16.3 Å². The van der Waals surface area contributed by atoms with Crippen LogP contribution in [0.2, 0.25) is 0 Å². The lowest BCUT2D eigenvalue weighted by atomic mass is 9.87. The number of anilines is 2. The molecule has 0 N–H and O–H groups in total. The molecule has 0 fully saturated rings. The Balaban J connectivity index is 1.88. The summed E-state index contributed by atoms with van der Waals surface area (Å²) < 4.78 is 0. The standard InChI is InChI=1S/C19H21NS/c1-19(2,3)14-9-10-15-17(12-14)21-16-8-4-6-13-7-5-11-20(15)18(13)16/h4,6,8-10,12H,5,7,11H2,1-3H3. The van der Waals surface area contributed by atoms with Crippen molar-refractivity contribution in [2.24, 2.45) is 0 Å². The topological polar surface area (TPSA) is 3.24 Å². The fraction of sp³-hybridized carbons (Fsp3) is 0.368. The Morgan fingerprint density at radius 3 is 2.71 bits per heavy atom. The normalized spacial score (nSPS) is 16.4. The minimum atomic E-state index is 0.208. The maximum atomic E-state index is 2.53. The summed E-state index contributed by atoms with van der Waals surface area (Å²) in [6, 6.07) is 13.8. The summed E-state index contributed by atoms with van der Waals surface area (Å²) in [5, 5.41) is 0. The quantitative estimate of drug-likeness (QED) is 0.628. The molecule has 0 aromatic heterocycles. The van der Waals surface area contributed by atoms with Crippen molar-refractivity contribution < 1.29 is 0 Å². The van der Waals surface area contributed by atoms with Gasteiger partial charge in [0.25, 0.3) is 0 Å². The van der Waals surface area contributed by atoms with E-state index in [1.807, 2.05) is 11.8 Å². The summed E-state index contributed by atoms with van der Waals surface area (Å²) in [6.07, 6.45) is 2.47. The molecule has 0 radical (unpaired) electrons. The average molecular weight is 295 g/mol. The lowest BCUT2D eigenvalue weighted by Crippen LogP contribution is -2.27. The number of hydrogen-bond acceptors (Lipinski definition) is 2. The highest BCUT2D eigenvalue weighted by molar-refractivity contribution is 7.99. The molecule has 0 bridgehead atoms. The number of nitrogens with zero attached hydrogens (tertiary/aromatic N) is 1. The van der Waals surface area contributed by atoms with Crippen LogP contribution in [0.25, 0.3) is 0 Å². The van der Waals surface area contributed by atoms with Crippen molar-refractivity contribution in [3.05, 3.63) is 47.5 Å². The van der Waals surface area contributed by atoms with E-state index in [9.17, 15) is 0 Å². The van der Waals surface area contributed by atoms with Crippen LogP contribution in [0.3, 0.4) is 0 Å². The van der Waals surface area contributed by atoms with Crippen LogP contribution in [0, 0.1) is 0 Å². The largest absolute Gasteiger partial charge is 0.339 e. The Bertz CT molecular complexity index is 712. The maximum Gasteiger partial charge on any atom is 0.0585 e. The Labute approximate surface area is 131 Å². The van der Waals surface area contributed by atoms with Crippen LogP contribution in [0.15, 0.2) is 46.2 Å². The van der Waals surface area contributed by atoms with Gasteiger partial charge in [-0.1, -0.05) is 50.7 Å². The third-order valence-electron chi connectivity index (χ3n) is 4.52. The van der Waals surface area contributed by atoms with E-state index in [2.05, 4.69) is 62.1 Å². The Morgan fingerprint density at radius 1 is 1.05 bits per heavy atom. The lowest BCUT2D eigenvalue weighted by Gasteiger charge is -2.38. The first-order chi connectivity index (χ1) is 10.0. The zero-order valence-electron chi connectivity index (χ0n) is 12.9. The van der Waals surface area contributed by atoms with Crippen molar-refractivity contribution in [2.75, 3.05) is 11.4 Å². The fourth-order valence-corrected chi connectivity index (χ4v) is 4.53. The van der Waals surface area contributed by atoms with Crippen LogP contribution in [0.5, 0.6) is 0 Å². The smallest absolute Gasteiger partial charge is 0.0585 e. The van der Waals surface area contributed by atoms with Gasteiger partial charge in [0.2, 0.25) is 0 Å². The minimum absolute atomic E-state index is 0.208. The van der Waals surface area contributed by atoms with Crippen LogP contribution < -0.4 is 4.90 Å². The van der Waals surface area contributed by atoms with Crippen molar-refractivity contribution in [3.63, 3.8) is 0 Å². The molecule has 2 heteroatoms. The summed E-state index contributed by atoms with van der Waals surface area (Å²) in [5.41, 5.74) is 6.00. The SMILES string of the molecule is CC(C)(C)c1ccc2c(c1)Sc1cccc3c1N2CCC3. The number of para-hydroxylation sites is 1. The number of benzene rings is 2. The first-order valence-electron chi connectivity index (χ1n) is 7.76. The predicted octanol–water partition coefficient (Wildman–Crippen LogP) is 5.53. The Kier molecular flexibility index (Phi) is 2.87. The maximum absolute atomic E-state index is 2.53. The molecule has 1 nitrogen and oxygen atoms in total. The minimum Gasteiger partial charge on any atom is -0.339 e. The first kappa shape index (κ1) is 13.3.